The summed E-state index contributed by atoms with van der Waals surface area (Å²) in [5.41, 5.74) is 5.21. The third-order valence-electron chi connectivity index (χ3n) is 5.14. The summed E-state index contributed by atoms with van der Waals surface area (Å²) < 4.78 is 5.56. The Morgan fingerprint density at radius 3 is 2.80 bits per heavy atom. The first-order chi connectivity index (χ1) is 14.5. The minimum Gasteiger partial charge on any atom is -0.482 e. The van der Waals surface area contributed by atoms with Crippen molar-refractivity contribution >= 4 is 34.0 Å². The third-order valence-corrected chi connectivity index (χ3v) is 5.90. The second-order valence-electron chi connectivity index (χ2n) is 7.31. The van der Waals surface area contributed by atoms with Crippen molar-refractivity contribution < 1.29 is 14.3 Å². The number of hydrogen-bond acceptors (Lipinski definition) is 5. The molecule has 0 unspecified atom stereocenters. The van der Waals surface area contributed by atoms with Gasteiger partial charge in [0.15, 0.2) is 11.7 Å². The van der Waals surface area contributed by atoms with E-state index >= 15 is 0 Å². The topological polar surface area (TPSA) is 71.5 Å². The average molecular weight is 422 g/mol. The van der Waals surface area contributed by atoms with Gasteiger partial charge in [-0.1, -0.05) is 13.0 Å². The fourth-order valence-electron chi connectivity index (χ4n) is 3.35. The van der Waals surface area contributed by atoms with Gasteiger partial charge in [-0.3, -0.25) is 14.9 Å². The van der Waals surface area contributed by atoms with Crippen LogP contribution >= 0.6 is 11.3 Å². The number of nitrogens with one attached hydrogen (secondary N) is 1. The average Bonchev–Trinajstić information content (AvgIpc) is 3.20. The number of thiazole rings is 1. The summed E-state index contributed by atoms with van der Waals surface area (Å²) in [5.74, 6) is 0.476. The lowest BCUT2D eigenvalue weighted by Crippen LogP contribution is -2.39. The molecule has 4 rings (SSSR count). The van der Waals surface area contributed by atoms with Crippen LogP contribution in [-0.4, -0.2) is 29.9 Å². The second-order valence-corrected chi connectivity index (χ2v) is 8.17. The number of fused-ring (bicyclic) bond motifs is 1. The summed E-state index contributed by atoms with van der Waals surface area (Å²) in [6.45, 7) is 6.75. The zero-order valence-electron chi connectivity index (χ0n) is 17.2. The van der Waals surface area contributed by atoms with Crippen LogP contribution in [0.5, 0.6) is 5.75 Å². The lowest BCUT2D eigenvalue weighted by molar-refractivity contribution is -0.121. The van der Waals surface area contributed by atoms with E-state index in [2.05, 4.69) is 10.3 Å². The normalized spacial score (nSPS) is 13.0. The molecule has 30 heavy (non-hydrogen) atoms. The van der Waals surface area contributed by atoms with E-state index in [-0.39, 0.29) is 18.4 Å². The highest BCUT2D eigenvalue weighted by Gasteiger charge is 2.25. The zero-order valence-corrected chi connectivity index (χ0v) is 18.0. The van der Waals surface area contributed by atoms with Crippen LogP contribution < -0.4 is 15.0 Å². The van der Waals surface area contributed by atoms with Crippen LogP contribution in [0.25, 0.3) is 11.3 Å². The van der Waals surface area contributed by atoms with E-state index in [9.17, 15) is 9.59 Å². The van der Waals surface area contributed by atoms with Gasteiger partial charge in [0.05, 0.1) is 11.4 Å². The standard InChI is InChI=1S/C23H23N3O3S/c1-4-9-26-19-11-16(7-8-20(19)29-12-21(26)27)18-13-30-23(24-18)25-22(28)17-6-5-14(2)15(3)10-17/h5-8,10-11,13H,4,9,12H2,1-3H3,(H,24,25,28). The maximum atomic E-state index is 12.6. The van der Waals surface area contributed by atoms with E-state index in [0.717, 1.165) is 34.5 Å². The van der Waals surface area contributed by atoms with Crippen molar-refractivity contribution in [2.75, 3.05) is 23.4 Å². The van der Waals surface area contributed by atoms with Crippen LogP contribution in [0.3, 0.4) is 0 Å². The van der Waals surface area contributed by atoms with E-state index < -0.39 is 0 Å². The molecule has 0 spiro atoms. The van der Waals surface area contributed by atoms with Crippen LogP contribution in [0.2, 0.25) is 0 Å². The number of benzene rings is 2. The van der Waals surface area contributed by atoms with Crippen LogP contribution in [0.4, 0.5) is 10.8 Å². The summed E-state index contributed by atoms with van der Waals surface area (Å²) >= 11 is 1.37. The molecule has 2 heterocycles. The van der Waals surface area contributed by atoms with Crippen molar-refractivity contribution in [3.63, 3.8) is 0 Å². The Morgan fingerprint density at radius 2 is 2.03 bits per heavy atom. The highest BCUT2D eigenvalue weighted by atomic mass is 32.1. The Balaban J connectivity index is 1.56. The number of aryl methyl sites for hydroxylation is 2. The lowest BCUT2D eigenvalue weighted by atomic mass is 10.1. The van der Waals surface area contributed by atoms with Crippen molar-refractivity contribution in [1.29, 1.82) is 0 Å². The Labute approximate surface area is 179 Å². The van der Waals surface area contributed by atoms with Gasteiger partial charge in [-0.05, 0) is 61.7 Å². The smallest absolute Gasteiger partial charge is 0.265 e. The maximum absolute atomic E-state index is 12.6. The molecule has 0 saturated heterocycles. The molecule has 3 aromatic rings. The van der Waals surface area contributed by atoms with Crippen LogP contribution in [0.15, 0.2) is 41.8 Å². The van der Waals surface area contributed by atoms with E-state index in [4.69, 9.17) is 4.74 Å². The van der Waals surface area contributed by atoms with Gasteiger partial charge in [-0.25, -0.2) is 4.98 Å². The number of amides is 2. The Morgan fingerprint density at radius 1 is 1.20 bits per heavy atom. The van der Waals surface area contributed by atoms with E-state index in [1.54, 1.807) is 4.90 Å². The van der Waals surface area contributed by atoms with Crippen molar-refractivity contribution in [2.45, 2.75) is 27.2 Å². The summed E-state index contributed by atoms with van der Waals surface area (Å²) in [7, 11) is 0. The molecule has 0 aliphatic carbocycles. The molecule has 7 heteroatoms. The maximum Gasteiger partial charge on any atom is 0.265 e. The predicted molar refractivity (Wildman–Crippen MR) is 120 cm³/mol. The summed E-state index contributed by atoms with van der Waals surface area (Å²) in [5, 5.41) is 5.30. The van der Waals surface area contributed by atoms with Crippen molar-refractivity contribution in [1.82, 2.24) is 4.98 Å². The predicted octanol–water partition coefficient (Wildman–Crippen LogP) is 4.81. The number of carbonyl (C=O) groups is 2. The first-order valence-corrected chi connectivity index (χ1v) is 10.8. The molecule has 2 aromatic carbocycles. The molecule has 0 bridgehead atoms. The quantitative estimate of drug-likeness (QED) is 0.641. The minimum atomic E-state index is -0.183. The Kier molecular flexibility index (Phi) is 5.55. The third kappa shape index (κ3) is 3.93. The van der Waals surface area contributed by atoms with Crippen LogP contribution in [-0.2, 0) is 4.79 Å². The molecular formula is C23H23N3O3S. The molecule has 154 valence electrons. The fraction of sp³-hybridized carbons (Fsp3) is 0.261. The number of carbonyl (C=O) groups excluding carboxylic acids is 2. The summed E-state index contributed by atoms with van der Waals surface area (Å²) in [4.78, 5) is 31.1. The van der Waals surface area contributed by atoms with E-state index in [1.165, 1.54) is 11.3 Å². The molecule has 0 fully saturated rings. The monoisotopic (exact) mass is 421 g/mol. The van der Waals surface area contributed by atoms with Gasteiger partial charge in [0.25, 0.3) is 11.8 Å². The van der Waals surface area contributed by atoms with E-state index in [0.29, 0.717) is 23.0 Å². The molecular weight excluding hydrogens is 398 g/mol. The molecule has 6 nitrogen and oxygen atoms in total. The van der Waals surface area contributed by atoms with Gasteiger partial charge in [0.1, 0.15) is 5.75 Å². The molecule has 1 aromatic heterocycles. The zero-order chi connectivity index (χ0) is 21.3. The van der Waals surface area contributed by atoms with Gasteiger partial charge in [-0.15, -0.1) is 11.3 Å². The van der Waals surface area contributed by atoms with Gasteiger partial charge in [0.2, 0.25) is 0 Å². The molecule has 0 radical (unpaired) electrons. The van der Waals surface area contributed by atoms with Gasteiger partial charge < -0.3 is 9.64 Å². The van der Waals surface area contributed by atoms with Crippen molar-refractivity contribution in [3.8, 4) is 17.0 Å². The first-order valence-electron chi connectivity index (χ1n) is 9.88. The van der Waals surface area contributed by atoms with Crippen molar-refractivity contribution in [3.05, 3.63) is 58.5 Å². The van der Waals surface area contributed by atoms with Gasteiger partial charge >= 0.3 is 0 Å². The molecule has 2 amide bonds. The van der Waals surface area contributed by atoms with Gasteiger partial charge in [-0.2, -0.15) is 0 Å². The van der Waals surface area contributed by atoms with Gasteiger partial charge in [0, 0.05) is 23.1 Å². The number of nitrogens with zero attached hydrogens (tertiary/aromatic N) is 2. The molecule has 1 aliphatic rings. The summed E-state index contributed by atoms with van der Waals surface area (Å²) in [6.07, 6.45) is 0.862. The number of rotatable bonds is 5. The summed E-state index contributed by atoms with van der Waals surface area (Å²) in [6, 6.07) is 11.3. The molecule has 1 N–H and O–H groups in total. The lowest BCUT2D eigenvalue weighted by Gasteiger charge is -2.29. The highest BCUT2D eigenvalue weighted by Crippen LogP contribution is 2.37. The van der Waals surface area contributed by atoms with Crippen LogP contribution in [0, 0.1) is 13.8 Å². The Bertz CT molecular complexity index is 1120. The first kappa shape index (κ1) is 20.1. The largest absolute Gasteiger partial charge is 0.482 e. The molecule has 1 aliphatic heterocycles. The van der Waals surface area contributed by atoms with E-state index in [1.807, 2.05) is 62.5 Å². The number of hydrogen-bond donors (Lipinski definition) is 1. The molecule has 0 saturated carbocycles. The van der Waals surface area contributed by atoms with Crippen LogP contribution in [0.1, 0.15) is 34.8 Å². The number of anilines is 2. The highest BCUT2D eigenvalue weighted by molar-refractivity contribution is 7.14. The second kappa shape index (κ2) is 8.28. The SMILES string of the molecule is CCCN1C(=O)COc2ccc(-c3csc(NC(=O)c4ccc(C)c(C)c4)n3)cc21. The fourth-order valence-corrected chi connectivity index (χ4v) is 4.06. The minimum absolute atomic E-state index is 0.0406. The Hall–Kier alpha value is -3.19. The number of aromatic nitrogens is 1. The van der Waals surface area contributed by atoms with Crippen molar-refractivity contribution in [2.24, 2.45) is 0 Å². The number of ether oxygens (including phenoxy) is 1. The molecule has 0 atom stereocenters.